The SMILES string of the molecule is CC(=O)NCc1ccc(C(=O)Nc2cccc(C(=O)NCC(F)(F)F)c2)cc1. The van der Waals surface area contributed by atoms with Crippen LogP contribution in [0.1, 0.15) is 33.2 Å². The highest BCUT2D eigenvalue weighted by molar-refractivity contribution is 6.05. The highest BCUT2D eigenvalue weighted by atomic mass is 19.4. The molecule has 0 aromatic heterocycles. The molecule has 3 amide bonds. The third-order valence-corrected chi connectivity index (χ3v) is 3.59. The normalized spacial score (nSPS) is 10.9. The Balaban J connectivity index is 2.00. The number of carbonyl (C=O) groups is 3. The molecule has 6 nitrogen and oxygen atoms in total. The van der Waals surface area contributed by atoms with Gasteiger partial charge in [0.15, 0.2) is 0 Å². The number of anilines is 1. The molecule has 0 radical (unpaired) electrons. The van der Waals surface area contributed by atoms with E-state index in [4.69, 9.17) is 0 Å². The summed E-state index contributed by atoms with van der Waals surface area (Å²) in [5.41, 5.74) is 1.42. The Morgan fingerprint density at radius 1 is 0.893 bits per heavy atom. The molecule has 0 spiro atoms. The highest BCUT2D eigenvalue weighted by Crippen LogP contribution is 2.15. The van der Waals surface area contributed by atoms with Crippen LogP contribution in [0.3, 0.4) is 0 Å². The first-order chi connectivity index (χ1) is 13.1. The molecule has 148 valence electrons. The molecule has 0 aliphatic rings. The maximum atomic E-state index is 12.3. The summed E-state index contributed by atoms with van der Waals surface area (Å²) in [6, 6.07) is 12.1. The molecule has 9 heteroatoms. The van der Waals surface area contributed by atoms with Gasteiger partial charge >= 0.3 is 6.18 Å². The van der Waals surface area contributed by atoms with Gasteiger partial charge in [-0.05, 0) is 35.9 Å². The zero-order valence-corrected chi connectivity index (χ0v) is 14.9. The number of benzene rings is 2. The number of rotatable bonds is 6. The van der Waals surface area contributed by atoms with Crippen LogP contribution in [0.25, 0.3) is 0 Å². The molecule has 0 bridgehead atoms. The summed E-state index contributed by atoms with van der Waals surface area (Å²) in [7, 11) is 0. The molecule has 0 unspecified atom stereocenters. The van der Waals surface area contributed by atoms with Crippen LogP contribution in [0, 0.1) is 0 Å². The summed E-state index contributed by atoms with van der Waals surface area (Å²) in [5.74, 6) is -1.50. The molecule has 28 heavy (non-hydrogen) atoms. The van der Waals surface area contributed by atoms with E-state index >= 15 is 0 Å². The molecular weight excluding hydrogens is 375 g/mol. The van der Waals surface area contributed by atoms with E-state index in [9.17, 15) is 27.6 Å². The smallest absolute Gasteiger partial charge is 0.352 e. The second-order valence-corrected chi connectivity index (χ2v) is 5.94. The molecule has 0 fully saturated rings. The number of hydrogen-bond acceptors (Lipinski definition) is 3. The molecule has 0 saturated carbocycles. The average molecular weight is 393 g/mol. The molecule has 2 rings (SSSR count). The Kier molecular flexibility index (Phi) is 6.75. The molecule has 0 saturated heterocycles. The largest absolute Gasteiger partial charge is 0.405 e. The zero-order chi connectivity index (χ0) is 20.7. The molecule has 0 atom stereocenters. The zero-order valence-electron chi connectivity index (χ0n) is 14.9. The Hall–Kier alpha value is -3.36. The number of halogens is 3. The van der Waals surface area contributed by atoms with Crippen LogP contribution in [0.4, 0.5) is 18.9 Å². The minimum absolute atomic E-state index is 0.00675. The quantitative estimate of drug-likeness (QED) is 0.705. The lowest BCUT2D eigenvalue weighted by Gasteiger charge is -2.10. The molecule has 0 heterocycles. The third kappa shape index (κ3) is 6.75. The van der Waals surface area contributed by atoms with Gasteiger partial charge in [-0.25, -0.2) is 0 Å². The van der Waals surface area contributed by atoms with Gasteiger partial charge in [-0.2, -0.15) is 13.2 Å². The summed E-state index contributed by atoms with van der Waals surface area (Å²) in [6.07, 6.45) is -4.51. The number of amides is 3. The molecule has 2 aromatic rings. The fourth-order valence-electron chi connectivity index (χ4n) is 2.22. The van der Waals surface area contributed by atoms with Gasteiger partial charge in [0.05, 0.1) is 0 Å². The fourth-order valence-corrected chi connectivity index (χ4v) is 2.22. The molecule has 3 N–H and O–H groups in total. The van der Waals surface area contributed by atoms with E-state index in [2.05, 4.69) is 10.6 Å². The minimum atomic E-state index is -4.51. The van der Waals surface area contributed by atoms with Crippen molar-refractivity contribution in [2.75, 3.05) is 11.9 Å². The number of carbonyl (C=O) groups excluding carboxylic acids is 3. The Labute approximate surface area is 159 Å². The van der Waals surface area contributed by atoms with E-state index in [1.807, 2.05) is 0 Å². The van der Waals surface area contributed by atoms with Crippen LogP contribution < -0.4 is 16.0 Å². The molecule has 2 aromatic carbocycles. The van der Waals surface area contributed by atoms with Gasteiger partial charge in [0.25, 0.3) is 11.8 Å². The van der Waals surface area contributed by atoms with Crippen LogP contribution in [0.5, 0.6) is 0 Å². The topological polar surface area (TPSA) is 87.3 Å². The Bertz CT molecular complexity index is 865. The van der Waals surface area contributed by atoms with Gasteiger partial charge in [0, 0.05) is 30.3 Å². The van der Waals surface area contributed by atoms with E-state index in [1.165, 1.54) is 31.2 Å². The van der Waals surface area contributed by atoms with Crippen molar-refractivity contribution >= 4 is 23.4 Å². The van der Waals surface area contributed by atoms with Gasteiger partial charge in [0.1, 0.15) is 6.54 Å². The van der Waals surface area contributed by atoms with Gasteiger partial charge < -0.3 is 16.0 Å². The van der Waals surface area contributed by atoms with Crippen LogP contribution >= 0.6 is 0 Å². The van der Waals surface area contributed by atoms with Crippen molar-refractivity contribution in [1.82, 2.24) is 10.6 Å². The highest BCUT2D eigenvalue weighted by Gasteiger charge is 2.27. The van der Waals surface area contributed by atoms with Crippen molar-refractivity contribution in [1.29, 1.82) is 0 Å². The van der Waals surface area contributed by atoms with Crippen LogP contribution in [0.2, 0.25) is 0 Å². The van der Waals surface area contributed by atoms with E-state index in [-0.39, 0.29) is 17.2 Å². The second kappa shape index (κ2) is 9.03. The first-order valence-corrected chi connectivity index (χ1v) is 8.24. The predicted octanol–water partition coefficient (Wildman–Crippen LogP) is 2.87. The third-order valence-electron chi connectivity index (χ3n) is 3.59. The molecular formula is C19H18F3N3O3. The fraction of sp³-hybridized carbons (Fsp3) is 0.211. The maximum Gasteiger partial charge on any atom is 0.405 e. The second-order valence-electron chi connectivity index (χ2n) is 5.94. The lowest BCUT2D eigenvalue weighted by atomic mass is 10.1. The van der Waals surface area contributed by atoms with Crippen LogP contribution in [0.15, 0.2) is 48.5 Å². The van der Waals surface area contributed by atoms with Gasteiger partial charge in [-0.1, -0.05) is 18.2 Å². The average Bonchev–Trinajstić information content (AvgIpc) is 2.64. The van der Waals surface area contributed by atoms with E-state index in [0.717, 1.165) is 5.56 Å². The lowest BCUT2D eigenvalue weighted by Crippen LogP contribution is -2.33. The van der Waals surface area contributed by atoms with Crippen molar-refractivity contribution in [3.05, 3.63) is 65.2 Å². The van der Waals surface area contributed by atoms with Crippen LogP contribution in [-0.4, -0.2) is 30.4 Å². The minimum Gasteiger partial charge on any atom is -0.352 e. The van der Waals surface area contributed by atoms with E-state index in [1.54, 1.807) is 29.6 Å². The molecule has 0 aliphatic carbocycles. The Morgan fingerprint density at radius 2 is 1.57 bits per heavy atom. The van der Waals surface area contributed by atoms with Crippen LogP contribution in [-0.2, 0) is 11.3 Å². The van der Waals surface area contributed by atoms with Gasteiger partial charge in [0.2, 0.25) is 5.91 Å². The van der Waals surface area contributed by atoms with Crippen molar-refractivity contribution < 1.29 is 27.6 Å². The summed E-state index contributed by atoms with van der Waals surface area (Å²) >= 11 is 0. The summed E-state index contributed by atoms with van der Waals surface area (Å²) in [4.78, 5) is 35.0. The number of hydrogen-bond donors (Lipinski definition) is 3. The van der Waals surface area contributed by atoms with Gasteiger partial charge in [-0.3, -0.25) is 14.4 Å². The van der Waals surface area contributed by atoms with E-state index in [0.29, 0.717) is 12.1 Å². The summed E-state index contributed by atoms with van der Waals surface area (Å²) in [5, 5.41) is 6.99. The van der Waals surface area contributed by atoms with Crippen molar-refractivity contribution in [2.24, 2.45) is 0 Å². The lowest BCUT2D eigenvalue weighted by molar-refractivity contribution is -0.123. The van der Waals surface area contributed by atoms with E-state index < -0.39 is 24.5 Å². The first-order valence-electron chi connectivity index (χ1n) is 8.24. The van der Waals surface area contributed by atoms with Crippen molar-refractivity contribution in [3.8, 4) is 0 Å². The van der Waals surface area contributed by atoms with Crippen molar-refractivity contribution in [3.63, 3.8) is 0 Å². The predicted molar refractivity (Wildman–Crippen MR) is 96.7 cm³/mol. The number of nitrogens with one attached hydrogen (secondary N) is 3. The molecule has 0 aliphatic heterocycles. The summed E-state index contributed by atoms with van der Waals surface area (Å²) in [6.45, 7) is 0.304. The summed E-state index contributed by atoms with van der Waals surface area (Å²) < 4.78 is 36.6. The monoisotopic (exact) mass is 393 g/mol. The first kappa shape index (κ1) is 20.9. The van der Waals surface area contributed by atoms with Gasteiger partial charge in [-0.15, -0.1) is 0 Å². The Morgan fingerprint density at radius 3 is 2.18 bits per heavy atom. The van der Waals surface area contributed by atoms with Crippen molar-refractivity contribution in [2.45, 2.75) is 19.6 Å². The maximum absolute atomic E-state index is 12.3. The number of alkyl halides is 3. The standard InChI is InChI=1S/C19H18F3N3O3/c1-12(26)23-10-13-5-7-14(8-6-13)18(28)25-16-4-2-3-15(9-16)17(27)24-11-19(20,21)22/h2-9H,10-11H2,1H3,(H,23,26)(H,24,27)(H,25,28).